The van der Waals surface area contributed by atoms with E-state index in [0.29, 0.717) is 38.5 Å². The summed E-state index contributed by atoms with van der Waals surface area (Å²) in [6.45, 7) is 3.07. The normalized spacial score (nSPS) is 14.8. The fourth-order valence-electron chi connectivity index (χ4n) is 2.46. The van der Waals surface area contributed by atoms with Gasteiger partial charge in [-0.15, -0.1) is 0 Å². The molecule has 2 rings (SSSR count). The molecule has 144 valence electrons. The minimum atomic E-state index is -3.79. The second-order valence-corrected chi connectivity index (χ2v) is 7.33. The Morgan fingerprint density at radius 2 is 1.65 bits per heavy atom. The number of hydrogen-bond acceptors (Lipinski definition) is 6. The van der Waals surface area contributed by atoms with E-state index in [4.69, 9.17) is 9.47 Å². The zero-order valence-corrected chi connectivity index (χ0v) is 15.6. The smallest absolute Gasteiger partial charge is 0.409 e. The van der Waals surface area contributed by atoms with Crippen LogP contribution in [0.5, 0.6) is 5.75 Å². The topological polar surface area (TPSA) is 105 Å². The van der Waals surface area contributed by atoms with Crippen molar-refractivity contribution in [3.8, 4) is 5.75 Å². The highest BCUT2D eigenvalue weighted by Crippen LogP contribution is 2.15. The molecule has 1 saturated heterocycles. The van der Waals surface area contributed by atoms with Crippen molar-refractivity contribution in [3.05, 3.63) is 24.3 Å². The number of nitrogens with one attached hydrogen (secondary N) is 1. The van der Waals surface area contributed by atoms with Crippen LogP contribution in [0.2, 0.25) is 0 Å². The van der Waals surface area contributed by atoms with Gasteiger partial charge in [0.15, 0.2) is 0 Å². The van der Waals surface area contributed by atoms with Crippen LogP contribution in [0, 0.1) is 0 Å². The number of methoxy groups -OCH3 is 1. The molecule has 1 N–H and O–H groups in total. The number of sulfonamides is 1. The van der Waals surface area contributed by atoms with Crippen molar-refractivity contribution in [2.45, 2.75) is 11.8 Å². The Kier molecular flexibility index (Phi) is 6.81. The summed E-state index contributed by atoms with van der Waals surface area (Å²) in [5.74, 6) is 0.199. The highest BCUT2D eigenvalue weighted by Gasteiger charge is 2.25. The summed E-state index contributed by atoms with van der Waals surface area (Å²) >= 11 is 0. The number of amides is 2. The van der Waals surface area contributed by atoms with Crippen LogP contribution in [-0.4, -0.2) is 76.7 Å². The number of nitrogens with zero attached hydrogens (tertiary/aromatic N) is 2. The molecule has 9 nitrogen and oxygen atoms in total. The first-order valence-electron chi connectivity index (χ1n) is 8.20. The summed E-state index contributed by atoms with van der Waals surface area (Å²) in [4.78, 5) is 27.0. The second kappa shape index (κ2) is 8.86. The van der Waals surface area contributed by atoms with Crippen LogP contribution in [0.1, 0.15) is 6.92 Å². The molecule has 0 saturated carbocycles. The molecule has 1 aromatic rings. The summed E-state index contributed by atoms with van der Waals surface area (Å²) in [7, 11) is -2.30. The van der Waals surface area contributed by atoms with Crippen molar-refractivity contribution in [1.29, 1.82) is 0 Å². The molecule has 1 aliphatic rings. The van der Waals surface area contributed by atoms with Crippen LogP contribution in [0.25, 0.3) is 0 Å². The van der Waals surface area contributed by atoms with Gasteiger partial charge in [-0.05, 0) is 31.2 Å². The van der Waals surface area contributed by atoms with Gasteiger partial charge < -0.3 is 19.3 Å². The van der Waals surface area contributed by atoms with Crippen LogP contribution >= 0.6 is 0 Å². The Morgan fingerprint density at radius 3 is 2.19 bits per heavy atom. The highest BCUT2D eigenvalue weighted by atomic mass is 32.2. The maximum atomic E-state index is 12.2. The number of benzene rings is 1. The van der Waals surface area contributed by atoms with Gasteiger partial charge >= 0.3 is 6.09 Å². The zero-order valence-electron chi connectivity index (χ0n) is 14.8. The van der Waals surface area contributed by atoms with E-state index in [2.05, 4.69) is 4.72 Å². The average Bonchev–Trinajstić information content (AvgIpc) is 2.66. The maximum Gasteiger partial charge on any atom is 0.409 e. The molecule has 1 aromatic carbocycles. The maximum absolute atomic E-state index is 12.2. The van der Waals surface area contributed by atoms with Gasteiger partial charge in [-0.25, -0.2) is 17.9 Å². The van der Waals surface area contributed by atoms with Crippen molar-refractivity contribution in [2.24, 2.45) is 0 Å². The first-order valence-corrected chi connectivity index (χ1v) is 9.69. The van der Waals surface area contributed by atoms with Gasteiger partial charge in [-0.2, -0.15) is 0 Å². The van der Waals surface area contributed by atoms with E-state index in [1.54, 1.807) is 6.92 Å². The highest BCUT2D eigenvalue weighted by molar-refractivity contribution is 7.89. The standard InChI is InChI=1S/C16H23N3O6S/c1-3-25-16(21)19-10-8-18(9-11-19)15(20)12-17-26(22,23)14-6-4-13(24-2)5-7-14/h4-7,17H,3,8-12H2,1-2H3. The third-order valence-electron chi connectivity index (χ3n) is 3.94. The third-order valence-corrected chi connectivity index (χ3v) is 5.36. The number of rotatable bonds is 6. The largest absolute Gasteiger partial charge is 0.497 e. The summed E-state index contributed by atoms with van der Waals surface area (Å²) < 4.78 is 36.7. The first kappa shape index (κ1) is 20.0. The van der Waals surface area contributed by atoms with Crippen LogP contribution < -0.4 is 9.46 Å². The molecule has 0 spiro atoms. The first-order chi connectivity index (χ1) is 12.4. The van der Waals surface area contributed by atoms with E-state index < -0.39 is 16.1 Å². The molecule has 0 unspecified atom stereocenters. The lowest BCUT2D eigenvalue weighted by molar-refractivity contribution is -0.131. The molecule has 26 heavy (non-hydrogen) atoms. The molecular weight excluding hydrogens is 362 g/mol. The third kappa shape index (κ3) is 5.09. The Balaban J connectivity index is 1.85. The number of hydrogen-bond donors (Lipinski definition) is 1. The monoisotopic (exact) mass is 385 g/mol. The Morgan fingerprint density at radius 1 is 1.08 bits per heavy atom. The SMILES string of the molecule is CCOC(=O)N1CCN(C(=O)CNS(=O)(=O)c2ccc(OC)cc2)CC1. The fourth-order valence-corrected chi connectivity index (χ4v) is 3.43. The van der Waals surface area contributed by atoms with Gasteiger partial charge in [0, 0.05) is 26.2 Å². The van der Waals surface area contributed by atoms with Crippen LogP contribution in [0.4, 0.5) is 4.79 Å². The molecule has 0 bridgehead atoms. The summed E-state index contributed by atoms with van der Waals surface area (Å²) in [5, 5.41) is 0. The van der Waals surface area contributed by atoms with Crippen LogP contribution in [-0.2, 0) is 19.6 Å². The predicted molar refractivity (Wildman–Crippen MR) is 93.4 cm³/mol. The van der Waals surface area contributed by atoms with Crippen molar-refractivity contribution in [2.75, 3.05) is 46.4 Å². The molecule has 1 heterocycles. The van der Waals surface area contributed by atoms with Crippen LogP contribution in [0.15, 0.2) is 29.2 Å². The van der Waals surface area contributed by atoms with Gasteiger partial charge in [-0.3, -0.25) is 4.79 Å². The van der Waals surface area contributed by atoms with E-state index in [1.165, 1.54) is 41.2 Å². The molecular formula is C16H23N3O6S. The van der Waals surface area contributed by atoms with E-state index in [1.807, 2.05) is 0 Å². The van der Waals surface area contributed by atoms with Gasteiger partial charge in [0.2, 0.25) is 15.9 Å². The van der Waals surface area contributed by atoms with E-state index in [-0.39, 0.29) is 17.3 Å². The van der Waals surface area contributed by atoms with Crippen molar-refractivity contribution in [1.82, 2.24) is 14.5 Å². The molecule has 0 aromatic heterocycles. The quantitative estimate of drug-likeness (QED) is 0.754. The molecule has 0 atom stereocenters. The van der Waals surface area contributed by atoms with Crippen molar-refractivity contribution >= 4 is 22.0 Å². The van der Waals surface area contributed by atoms with Gasteiger partial charge in [0.05, 0.1) is 25.2 Å². The van der Waals surface area contributed by atoms with Crippen LogP contribution in [0.3, 0.4) is 0 Å². The van der Waals surface area contributed by atoms with E-state index >= 15 is 0 Å². The summed E-state index contributed by atoms with van der Waals surface area (Å²) in [6.07, 6.45) is -0.403. The second-order valence-electron chi connectivity index (χ2n) is 5.57. The van der Waals surface area contributed by atoms with Gasteiger partial charge in [0.1, 0.15) is 5.75 Å². The van der Waals surface area contributed by atoms with E-state index in [0.717, 1.165) is 0 Å². The number of piperazine rings is 1. The van der Waals surface area contributed by atoms with Gasteiger partial charge in [0.25, 0.3) is 0 Å². The predicted octanol–water partition coefficient (Wildman–Crippen LogP) is 0.274. The minimum absolute atomic E-state index is 0.0539. The molecule has 0 radical (unpaired) electrons. The Hall–Kier alpha value is -2.33. The molecule has 1 aliphatic heterocycles. The van der Waals surface area contributed by atoms with Gasteiger partial charge in [-0.1, -0.05) is 0 Å². The summed E-state index contributed by atoms with van der Waals surface area (Å²) in [6, 6.07) is 5.88. The number of carbonyl (C=O) groups is 2. The fraction of sp³-hybridized carbons (Fsp3) is 0.500. The molecule has 2 amide bonds. The van der Waals surface area contributed by atoms with Crippen molar-refractivity contribution < 1.29 is 27.5 Å². The van der Waals surface area contributed by atoms with Crippen molar-refractivity contribution in [3.63, 3.8) is 0 Å². The minimum Gasteiger partial charge on any atom is -0.497 e. The lowest BCUT2D eigenvalue weighted by Crippen LogP contribution is -2.52. The number of ether oxygens (including phenoxy) is 2. The Bertz CT molecular complexity index is 727. The molecule has 10 heteroatoms. The average molecular weight is 385 g/mol. The lowest BCUT2D eigenvalue weighted by Gasteiger charge is -2.34. The zero-order chi connectivity index (χ0) is 19.2. The lowest BCUT2D eigenvalue weighted by atomic mass is 10.3. The van der Waals surface area contributed by atoms with E-state index in [9.17, 15) is 18.0 Å². The molecule has 0 aliphatic carbocycles. The molecule has 1 fully saturated rings. The Labute approximate surface area is 152 Å². The summed E-state index contributed by atoms with van der Waals surface area (Å²) in [5.41, 5.74) is 0. The number of carbonyl (C=O) groups excluding carboxylic acids is 2.